The Morgan fingerprint density at radius 3 is 2.76 bits per heavy atom. The number of hydrogen-bond acceptors (Lipinski definition) is 5. The standard InChI is InChI=1S/C22H29N5OS/c1-26-12-15(11-24-26)13-27-14-23-21-20(22(27)28)18-9-8-17(10-19(18)29-21)25-16-6-4-2-3-5-7-16/h11-12,14,16-17,25H,2-10,13H2,1H3/t17-/m0/s1. The number of aromatic nitrogens is 4. The van der Waals surface area contributed by atoms with E-state index in [9.17, 15) is 4.79 Å². The predicted molar refractivity (Wildman–Crippen MR) is 117 cm³/mol. The second-order valence-electron chi connectivity index (χ2n) is 8.68. The monoisotopic (exact) mass is 411 g/mol. The Labute approximate surface area is 175 Å². The Bertz CT molecular complexity index is 1060. The van der Waals surface area contributed by atoms with Crippen molar-refractivity contribution in [3.8, 4) is 0 Å². The second kappa shape index (κ2) is 8.03. The average Bonchev–Trinajstić information content (AvgIpc) is 3.19. The second-order valence-corrected chi connectivity index (χ2v) is 9.76. The van der Waals surface area contributed by atoms with Gasteiger partial charge in [-0.25, -0.2) is 4.98 Å². The molecule has 0 spiro atoms. The molecule has 5 rings (SSSR count). The number of aryl methyl sites for hydroxylation is 2. The van der Waals surface area contributed by atoms with Crippen molar-refractivity contribution in [3.05, 3.63) is 45.1 Å². The van der Waals surface area contributed by atoms with Crippen LogP contribution in [0.15, 0.2) is 23.5 Å². The summed E-state index contributed by atoms with van der Waals surface area (Å²) in [4.78, 5) is 20.1. The molecule has 1 fully saturated rings. The fourth-order valence-corrected chi connectivity index (χ4v) is 6.24. The van der Waals surface area contributed by atoms with Gasteiger partial charge >= 0.3 is 0 Å². The van der Waals surface area contributed by atoms with E-state index in [1.165, 1.54) is 49.0 Å². The van der Waals surface area contributed by atoms with Gasteiger partial charge in [-0.15, -0.1) is 11.3 Å². The molecule has 3 heterocycles. The average molecular weight is 412 g/mol. The highest BCUT2D eigenvalue weighted by molar-refractivity contribution is 7.18. The molecule has 2 aliphatic rings. The van der Waals surface area contributed by atoms with Crippen LogP contribution < -0.4 is 10.9 Å². The Morgan fingerprint density at radius 2 is 2.00 bits per heavy atom. The maximum absolute atomic E-state index is 13.2. The Morgan fingerprint density at radius 1 is 1.17 bits per heavy atom. The fraction of sp³-hybridized carbons (Fsp3) is 0.591. The molecule has 7 heteroatoms. The van der Waals surface area contributed by atoms with Crippen molar-refractivity contribution >= 4 is 21.6 Å². The van der Waals surface area contributed by atoms with E-state index in [0.717, 1.165) is 35.0 Å². The zero-order valence-electron chi connectivity index (χ0n) is 17.1. The lowest BCUT2D eigenvalue weighted by Gasteiger charge is -2.28. The first-order valence-corrected chi connectivity index (χ1v) is 11.7. The summed E-state index contributed by atoms with van der Waals surface area (Å²) in [5, 5.41) is 8.99. The number of nitrogens with one attached hydrogen (secondary N) is 1. The van der Waals surface area contributed by atoms with Crippen LogP contribution in [0.25, 0.3) is 10.2 Å². The van der Waals surface area contributed by atoms with Crippen LogP contribution in [0.1, 0.15) is 60.9 Å². The van der Waals surface area contributed by atoms with Crippen molar-refractivity contribution < 1.29 is 0 Å². The normalized spacial score (nSPS) is 20.7. The molecule has 0 saturated heterocycles. The van der Waals surface area contributed by atoms with Gasteiger partial charge in [-0.2, -0.15) is 5.10 Å². The third-order valence-corrected chi connectivity index (χ3v) is 7.64. The van der Waals surface area contributed by atoms with Crippen molar-refractivity contribution in [1.29, 1.82) is 0 Å². The summed E-state index contributed by atoms with van der Waals surface area (Å²) in [6.45, 7) is 0.520. The zero-order valence-corrected chi connectivity index (χ0v) is 17.9. The lowest BCUT2D eigenvalue weighted by molar-refractivity contribution is 0.369. The largest absolute Gasteiger partial charge is 0.311 e. The van der Waals surface area contributed by atoms with Gasteiger partial charge in [0.15, 0.2) is 0 Å². The third-order valence-electron chi connectivity index (χ3n) is 6.47. The summed E-state index contributed by atoms with van der Waals surface area (Å²) >= 11 is 1.72. The molecule has 1 saturated carbocycles. The van der Waals surface area contributed by atoms with Gasteiger partial charge in [-0.3, -0.25) is 14.0 Å². The van der Waals surface area contributed by atoms with Crippen LogP contribution in [-0.4, -0.2) is 31.4 Å². The predicted octanol–water partition coefficient (Wildman–Crippen LogP) is 3.41. The van der Waals surface area contributed by atoms with E-state index in [-0.39, 0.29) is 5.56 Å². The maximum atomic E-state index is 13.2. The van der Waals surface area contributed by atoms with E-state index in [2.05, 4.69) is 15.4 Å². The molecule has 0 aromatic carbocycles. The van der Waals surface area contributed by atoms with Gasteiger partial charge in [0.05, 0.1) is 24.5 Å². The molecule has 6 nitrogen and oxygen atoms in total. The minimum atomic E-state index is 0.0894. The quantitative estimate of drug-likeness (QED) is 0.668. The van der Waals surface area contributed by atoms with Crippen molar-refractivity contribution in [2.75, 3.05) is 0 Å². The number of fused-ring (bicyclic) bond motifs is 3. The molecule has 0 amide bonds. The van der Waals surface area contributed by atoms with Crippen LogP contribution in [0.5, 0.6) is 0 Å². The Kier molecular flexibility index (Phi) is 5.26. The topological polar surface area (TPSA) is 64.7 Å². The van der Waals surface area contributed by atoms with E-state index in [1.807, 2.05) is 19.4 Å². The maximum Gasteiger partial charge on any atom is 0.262 e. The number of rotatable bonds is 4. The van der Waals surface area contributed by atoms with Gasteiger partial charge in [-0.1, -0.05) is 25.7 Å². The first kappa shape index (κ1) is 19.0. The molecular formula is C22H29N5OS. The van der Waals surface area contributed by atoms with Crippen LogP contribution in [0.2, 0.25) is 0 Å². The minimum Gasteiger partial charge on any atom is -0.311 e. The van der Waals surface area contributed by atoms with Gasteiger partial charge in [-0.05, 0) is 37.7 Å². The smallest absolute Gasteiger partial charge is 0.262 e. The molecule has 29 heavy (non-hydrogen) atoms. The number of nitrogens with zero attached hydrogens (tertiary/aromatic N) is 4. The molecular weight excluding hydrogens is 382 g/mol. The first-order chi connectivity index (χ1) is 14.2. The van der Waals surface area contributed by atoms with Gasteiger partial charge in [0.25, 0.3) is 5.56 Å². The molecule has 1 N–H and O–H groups in total. The van der Waals surface area contributed by atoms with Gasteiger partial charge < -0.3 is 5.32 Å². The molecule has 0 aliphatic heterocycles. The summed E-state index contributed by atoms with van der Waals surface area (Å²) in [6.07, 6.45) is 16.7. The van der Waals surface area contributed by atoms with E-state index < -0.39 is 0 Å². The van der Waals surface area contributed by atoms with E-state index >= 15 is 0 Å². The van der Waals surface area contributed by atoms with E-state index in [4.69, 9.17) is 0 Å². The van der Waals surface area contributed by atoms with Crippen molar-refractivity contribution in [2.24, 2.45) is 7.05 Å². The molecule has 2 aliphatic carbocycles. The van der Waals surface area contributed by atoms with E-state index in [1.54, 1.807) is 26.9 Å². The van der Waals surface area contributed by atoms with Crippen LogP contribution in [-0.2, 0) is 26.4 Å². The fourth-order valence-electron chi connectivity index (χ4n) is 4.99. The van der Waals surface area contributed by atoms with Crippen molar-refractivity contribution in [2.45, 2.75) is 76.4 Å². The molecule has 0 radical (unpaired) electrons. The molecule has 0 unspecified atom stereocenters. The molecule has 3 aromatic heterocycles. The lowest BCUT2D eigenvalue weighted by atomic mass is 9.92. The highest BCUT2D eigenvalue weighted by Gasteiger charge is 2.27. The SMILES string of the molecule is Cn1cc(Cn2cnc3sc4c(c3c2=O)CC[C@H](NC2CCCCCC2)C4)cn1. The van der Waals surface area contributed by atoms with Crippen molar-refractivity contribution in [1.82, 2.24) is 24.6 Å². The van der Waals surface area contributed by atoms with Crippen LogP contribution in [0.4, 0.5) is 0 Å². The molecule has 1 atom stereocenters. The van der Waals surface area contributed by atoms with Gasteiger partial charge in [0, 0.05) is 35.8 Å². The summed E-state index contributed by atoms with van der Waals surface area (Å²) in [5.74, 6) is 0. The van der Waals surface area contributed by atoms with Crippen LogP contribution in [0, 0.1) is 0 Å². The first-order valence-electron chi connectivity index (χ1n) is 10.9. The highest BCUT2D eigenvalue weighted by atomic mass is 32.1. The Balaban J connectivity index is 1.37. The molecule has 0 bridgehead atoms. The number of hydrogen-bond donors (Lipinski definition) is 1. The van der Waals surface area contributed by atoms with Gasteiger partial charge in [0.2, 0.25) is 0 Å². The summed E-state index contributed by atoms with van der Waals surface area (Å²) in [5.41, 5.74) is 2.36. The van der Waals surface area contributed by atoms with Crippen LogP contribution in [0.3, 0.4) is 0 Å². The van der Waals surface area contributed by atoms with Crippen LogP contribution >= 0.6 is 11.3 Å². The minimum absolute atomic E-state index is 0.0894. The third kappa shape index (κ3) is 3.90. The summed E-state index contributed by atoms with van der Waals surface area (Å²) in [6, 6.07) is 1.21. The van der Waals surface area contributed by atoms with E-state index in [0.29, 0.717) is 18.6 Å². The lowest BCUT2D eigenvalue weighted by Crippen LogP contribution is -2.41. The highest BCUT2D eigenvalue weighted by Crippen LogP contribution is 2.34. The Hall–Kier alpha value is -1.99. The van der Waals surface area contributed by atoms with Crippen molar-refractivity contribution in [3.63, 3.8) is 0 Å². The van der Waals surface area contributed by atoms with Gasteiger partial charge in [0.1, 0.15) is 4.83 Å². The summed E-state index contributed by atoms with van der Waals surface area (Å²) < 4.78 is 3.49. The zero-order chi connectivity index (χ0) is 19.8. The summed E-state index contributed by atoms with van der Waals surface area (Å²) in [7, 11) is 1.89. The molecule has 154 valence electrons. The molecule has 3 aromatic rings. The number of thiophene rings is 1.